The van der Waals surface area contributed by atoms with Crippen LogP contribution >= 0.6 is 11.6 Å². The first-order valence-electron chi connectivity index (χ1n) is 5.97. The van der Waals surface area contributed by atoms with Crippen LogP contribution in [-0.4, -0.2) is 14.5 Å². The number of hydrogen-bond acceptors (Lipinski definition) is 3. The Kier molecular flexibility index (Phi) is 3.17. The number of nitrogens with zero attached hydrogens (tertiary/aromatic N) is 3. The molecule has 3 aromatic rings. The minimum atomic E-state index is -0.738. The van der Waals surface area contributed by atoms with E-state index in [0.29, 0.717) is 10.9 Å². The molecular formula is C14H8ClF2N3O. The largest absolute Gasteiger partial charge is 0.269 e. The second-order valence-corrected chi connectivity index (χ2v) is 4.81. The van der Waals surface area contributed by atoms with Gasteiger partial charge in [-0.1, -0.05) is 0 Å². The third-order valence-corrected chi connectivity index (χ3v) is 3.27. The van der Waals surface area contributed by atoms with Gasteiger partial charge in [0.25, 0.3) is 5.56 Å². The van der Waals surface area contributed by atoms with E-state index < -0.39 is 17.2 Å². The highest BCUT2D eigenvalue weighted by molar-refractivity contribution is 6.28. The van der Waals surface area contributed by atoms with Crippen LogP contribution in [0.2, 0.25) is 5.28 Å². The molecule has 0 atom stereocenters. The summed E-state index contributed by atoms with van der Waals surface area (Å²) in [7, 11) is 0. The average molecular weight is 308 g/mol. The van der Waals surface area contributed by atoms with Gasteiger partial charge < -0.3 is 0 Å². The molecule has 0 N–H and O–H groups in total. The summed E-state index contributed by atoms with van der Waals surface area (Å²) in [6.45, 7) is 1.70. The third kappa shape index (κ3) is 2.27. The minimum absolute atomic E-state index is 0.0851. The van der Waals surface area contributed by atoms with Gasteiger partial charge in [0.2, 0.25) is 5.28 Å². The molecule has 0 saturated carbocycles. The lowest BCUT2D eigenvalue weighted by Crippen LogP contribution is -2.20. The highest BCUT2D eigenvalue weighted by Crippen LogP contribution is 2.21. The van der Waals surface area contributed by atoms with Crippen LogP contribution in [0.15, 0.2) is 35.3 Å². The molecule has 4 nitrogen and oxygen atoms in total. The van der Waals surface area contributed by atoms with Gasteiger partial charge in [-0.05, 0) is 36.2 Å². The molecule has 1 aromatic carbocycles. The topological polar surface area (TPSA) is 47.8 Å². The molecule has 0 bridgehead atoms. The summed E-state index contributed by atoms with van der Waals surface area (Å²) in [5, 5.41) is 0.445. The van der Waals surface area contributed by atoms with E-state index in [1.54, 1.807) is 6.92 Å². The summed E-state index contributed by atoms with van der Waals surface area (Å²) in [4.78, 5) is 20.0. The first-order valence-corrected chi connectivity index (χ1v) is 6.35. The van der Waals surface area contributed by atoms with Crippen LogP contribution in [0.5, 0.6) is 0 Å². The second kappa shape index (κ2) is 4.89. The van der Waals surface area contributed by atoms with Crippen molar-refractivity contribution in [3.8, 4) is 5.69 Å². The number of halogens is 3. The molecule has 3 rings (SSSR count). The van der Waals surface area contributed by atoms with Crippen LogP contribution in [0.1, 0.15) is 5.56 Å². The molecule has 21 heavy (non-hydrogen) atoms. The Hall–Kier alpha value is -2.34. The summed E-state index contributed by atoms with van der Waals surface area (Å²) in [6, 6.07) is 4.17. The van der Waals surface area contributed by atoms with Crippen molar-refractivity contribution < 1.29 is 8.78 Å². The van der Waals surface area contributed by atoms with Gasteiger partial charge in [0, 0.05) is 23.7 Å². The standard InChI is InChI=1S/C14H8ClF2N3O/c1-7-4-12(21)20(11-5-8(16)2-3-10(11)17)13-9(7)6-18-14(15)19-13/h2-6H,1H3. The van der Waals surface area contributed by atoms with Gasteiger partial charge in [0.1, 0.15) is 11.6 Å². The van der Waals surface area contributed by atoms with Gasteiger partial charge in [0.15, 0.2) is 5.65 Å². The van der Waals surface area contributed by atoms with Gasteiger partial charge in [-0.25, -0.2) is 13.8 Å². The maximum atomic E-state index is 14.0. The molecule has 0 aliphatic heterocycles. The lowest BCUT2D eigenvalue weighted by atomic mass is 10.2. The summed E-state index contributed by atoms with van der Waals surface area (Å²) in [6.07, 6.45) is 1.44. The lowest BCUT2D eigenvalue weighted by molar-refractivity contribution is 0.592. The van der Waals surface area contributed by atoms with Gasteiger partial charge >= 0.3 is 0 Å². The Morgan fingerprint density at radius 1 is 1.24 bits per heavy atom. The molecule has 106 valence electrons. The first kappa shape index (κ1) is 13.6. The zero-order chi connectivity index (χ0) is 15.1. The van der Waals surface area contributed by atoms with Gasteiger partial charge in [-0.2, -0.15) is 4.98 Å². The zero-order valence-electron chi connectivity index (χ0n) is 10.8. The Balaban J connectivity index is 2.50. The Labute approximate surface area is 122 Å². The van der Waals surface area contributed by atoms with E-state index in [9.17, 15) is 13.6 Å². The minimum Gasteiger partial charge on any atom is -0.269 e. The van der Waals surface area contributed by atoms with Crippen molar-refractivity contribution in [2.45, 2.75) is 6.92 Å². The Bertz CT molecular complexity index is 924. The van der Waals surface area contributed by atoms with Gasteiger partial charge in [-0.3, -0.25) is 9.36 Å². The molecule has 0 amide bonds. The summed E-state index contributed by atoms with van der Waals surface area (Å²) in [5.74, 6) is -1.40. The molecule has 0 fully saturated rings. The molecule has 0 spiro atoms. The molecule has 7 heteroatoms. The Morgan fingerprint density at radius 2 is 2.00 bits per heavy atom. The number of hydrogen-bond donors (Lipinski definition) is 0. The lowest BCUT2D eigenvalue weighted by Gasteiger charge is -2.11. The molecular weight excluding hydrogens is 300 g/mol. The fourth-order valence-electron chi connectivity index (χ4n) is 2.12. The van der Waals surface area contributed by atoms with E-state index in [1.807, 2.05) is 0 Å². The maximum Gasteiger partial charge on any atom is 0.257 e. The fraction of sp³-hybridized carbons (Fsp3) is 0.0714. The smallest absolute Gasteiger partial charge is 0.257 e. The van der Waals surface area contributed by atoms with Crippen LogP contribution in [0.3, 0.4) is 0 Å². The predicted octanol–water partition coefficient (Wildman–Crippen LogP) is 3.02. The van der Waals surface area contributed by atoms with E-state index in [2.05, 4.69) is 9.97 Å². The van der Waals surface area contributed by atoms with Crippen molar-refractivity contribution in [3.63, 3.8) is 0 Å². The van der Waals surface area contributed by atoms with E-state index in [1.165, 1.54) is 12.3 Å². The number of benzene rings is 1. The van der Waals surface area contributed by atoms with E-state index in [4.69, 9.17) is 11.6 Å². The van der Waals surface area contributed by atoms with Crippen LogP contribution in [-0.2, 0) is 0 Å². The van der Waals surface area contributed by atoms with Crippen molar-refractivity contribution in [2.75, 3.05) is 0 Å². The van der Waals surface area contributed by atoms with Gasteiger partial charge in [-0.15, -0.1) is 0 Å². The van der Waals surface area contributed by atoms with Crippen LogP contribution < -0.4 is 5.56 Å². The van der Waals surface area contributed by atoms with Gasteiger partial charge in [0.05, 0.1) is 5.69 Å². The van der Waals surface area contributed by atoms with Crippen molar-refractivity contribution in [3.05, 3.63) is 63.3 Å². The third-order valence-electron chi connectivity index (χ3n) is 3.09. The fourth-order valence-corrected chi connectivity index (χ4v) is 2.25. The molecule has 0 unspecified atom stereocenters. The van der Waals surface area contributed by atoms with E-state index in [-0.39, 0.29) is 16.6 Å². The zero-order valence-corrected chi connectivity index (χ0v) is 11.5. The number of aryl methyl sites for hydroxylation is 1. The summed E-state index contributed by atoms with van der Waals surface area (Å²) >= 11 is 5.75. The number of rotatable bonds is 1. The van der Waals surface area contributed by atoms with E-state index >= 15 is 0 Å². The molecule has 0 saturated heterocycles. The predicted molar refractivity (Wildman–Crippen MR) is 74.8 cm³/mol. The first-order chi connectivity index (χ1) is 9.97. The van der Waals surface area contributed by atoms with Crippen molar-refractivity contribution in [1.82, 2.24) is 14.5 Å². The van der Waals surface area contributed by atoms with Crippen molar-refractivity contribution in [2.24, 2.45) is 0 Å². The van der Waals surface area contributed by atoms with Crippen LogP contribution in [0.4, 0.5) is 8.78 Å². The number of aromatic nitrogens is 3. The maximum absolute atomic E-state index is 14.0. The number of pyridine rings is 1. The molecule has 2 heterocycles. The monoisotopic (exact) mass is 307 g/mol. The van der Waals surface area contributed by atoms with Crippen LogP contribution in [0.25, 0.3) is 16.7 Å². The molecule has 0 aliphatic rings. The second-order valence-electron chi connectivity index (χ2n) is 4.47. The SMILES string of the molecule is Cc1cc(=O)n(-c2cc(F)ccc2F)c2nc(Cl)ncc12. The highest BCUT2D eigenvalue weighted by atomic mass is 35.5. The number of fused-ring (bicyclic) bond motifs is 1. The van der Waals surface area contributed by atoms with Crippen molar-refractivity contribution in [1.29, 1.82) is 0 Å². The van der Waals surface area contributed by atoms with E-state index in [0.717, 1.165) is 22.8 Å². The summed E-state index contributed by atoms with van der Waals surface area (Å²) in [5.41, 5.74) is 0.00302. The molecule has 0 radical (unpaired) electrons. The Morgan fingerprint density at radius 3 is 2.76 bits per heavy atom. The summed E-state index contributed by atoms with van der Waals surface area (Å²) < 4.78 is 28.3. The van der Waals surface area contributed by atoms with Crippen LogP contribution in [0, 0.1) is 18.6 Å². The highest BCUT2D eigenvalue weighted by Gasteiger charge is 2.14. The van der Waals surface area contributed by atoms with Crippen molar-refractivity contribution >= 4 is 22.6 Å². The molecule has 0 aliphatic carbocycles. The quantitative estimate of drug-likeness (QED) is 0.649. The normalized spacial score (nSPS) is 11.0. The average Bonchev–Trinajstić information content (AvgIpc) is 2.42. The molecule has 2 aromatic heterocycles.